The van der Waals surface area contributed by atoms with Gasteiger partial charge in [0.1, 0.15) is 11.5 Å². The molecule has 0 bridgehead atoms. The maximum Gasteiger partial charge on any atom is 0.313 e. The van der Waals surface area contributed by atoms with Crippen LogP contribution in [0.15, 0.2) is 72.9 Å². The SMILES string of the molecule is O=C(C(=O)N1CCn2nc(-c3ccc(F)cc3)c(-c3ccnc(F)c3)c2N1)c1ccccc1. The Labute approximate surface area is 187 Å². The summed E-state index contributed by atoms with van der Waals surface area (Å²) in [7, 11) is 0. The number of hydrogen-bond acceptors (Lipinski definition) is 5. The number of benzene rings is 2. The predicted octanol–water partition coefficient (Wildman–Crippen LogP) is 3.94. The van der Waals surface area contributed by atoms with Crippen LogP contribution in [0, 0.1) is 11.8 Å². The van der Waals surface area contributed by atoms with Crippen LogP contribution < -0.4 is 5.43 Å². The molecule has 0 radical (unpaired) electrons. The molecule has 4 aromatic rings. The van der Waals surface area contributed by atoms with Crippen molar-refractivity contribution in [1.29, 1.82) is 0 Å². The van der Waals surface area contributed by atoms with Crippen molar-refractivity contribution in [3.63, 3.8) is 0 Å². The summed E-state index contributed by atoms with van der Waals surface area (Å²) in [6.45, 7) is 0.497. The molecular weight excluding hydrogens is 428 g/mol. The number of ketones is 1. The standard InChI is InChI=1S/C24H17F2N5O2/c25-18-8-6-15(7-9-18)21-20(17-10-11-27-19(26)14-17)23-29-31(13-12-30(23)28-21)24(33)22(32)16-4-2-1-3-5-16/h1-11,14,29H,12-13H2. The number of halogens is 2. The van der Waals surface area contributed by atoms with Crippen molar-refractivity contribution < 1.29 is 18.4 Å². The quantitative estimate of drug-likeness (QED) is 0.292. The molecule has 164 valence electrons. The molecule has 1 amide bonds. The number of amides is 1. The van der Waals surface area contributed by atoms with E-state index in [0.29, 0.717) is 34.7 Å². The molecule has 0 atom stereocenters. The largest absolute Gasteiger partial charge is 0.313 e. The van der Waals surface area contributed by atoms with Gasteiger partial charge in [-0.05, 0) is 35.9 Å². The van der Waals surface area contributed by atoms with Crippen LogP contribution in [0.1, 0.15) is 10.4 Å². The molecule has 0 spiro atoms. The van der Waals surface area contributed by atoms with Gasteiger partial charge in [-0.2, -0.15) is 9.49 Å². The molecule has 0 fully saturated rings. The Kier molecular flexibility index (Phi) is 5.14. The number of anilines is 1. The van der Waals surface area contributed by atoms with Crippen LogP contribution in [0.4, 0.5) is 14.6 Å². The molecule has 9 heteroatoms. The summed E-state index contributed by atoms with van der Waals surface area (Å²) in [5, 5.41) is 5.84. The minimum absolute atomic E-state index is 0.194. The zero-order chi connectivity index (χ0) is 22.9. The number of nitrogens with zero attached hydrogens (tertiary/aromatic N) is 4. The van der Waals surface area contributed by atoms with E-state index < -0.39 is 23.5 Å². The van der Waals surface area contributed by atoms with E-state index >= 15 is 0 Å². The van der Waals surface area contributed by atoms with Gasteiger partial charge in [0.2, 0.25) is 5.95 Å². The molecule has 0 saturated carbocycles. The number of Topliss-reactive ketones (excluding diaryl/α,β-unsaturated/α-hetero) is 1. The van der Waals surface area contributed by atoms with Gasteiger partial charge in [0.25, 0.3) is 5.78 Å². The molecule has 1 aliphatic heterocycles. The number of hydrogen-bond donors (Lipinski definition) is 1. The van der Waals surface area contributed by atoms with E-state index in [9.17, 15) is 18.4 Å². The lowest BCUT2D eigenvalue weighted by molar-refractivity contribution is -0.125. The Morgan fingerprint density at radius 2 is 1.67 bits per heavy atom. The van der Waals surface area contributed by atoms with Crippen LogP contribution in [0.2, 0.25) is 0 Å². The fourth-order valence-corrected chi connectivity index (χ4v) is 3.74. The second-order valence-electron chi connectivity index (χ2n) is 7.43. The Morgan fingerprint density at radius 3 is 2.39 bits per heavy atom. The highest BCUT2D eigenvalue weighted by Gasteiger charge is 2.31. The van der Waals surface area contributed by atoms with E-state index in [0.717, 1.165) is 0 Å². The number of pyridine rings is 1. The monoisotopic (exact) mass is 445 g/mol. The van der Waals surface area contributed by atoms with Gasteiger partial charge in [0.15, 0.2) is 5.82 Å². The molecule has 0 unspecified atom stereocenters. The first-order chi connectivity index (χ1) is 16.0. The number of rotatable bonds is 4. The zero-order valence-electron chi connectivity index (χ0n) is 17.2. The normalized spacial score (nSPS) is 12.7. The highest BCUT2D eigenvalue weighted by Crippen LogP contribution is 2.39. The van der Waals surface area contributed by atoms with Crippen LogP contribution in [-0.4, -0.2) is 38.0 Å². The molecule has 0 aliphatic carbocycles. The molecule has 2 aromatic heterocycles. The molecule has 3 heterocycles. The average molecular weight is 445 g/mol. The van der Waals surface area contributed by atoms with Crippen molar-refractivity contribution in [3.8, 4) is 22.4 Å². The number of carbonyl (C=O) groups is 2. The number of nitrogens with one attached hydrogen (secondary N) is 1. The van der Waals surface area contributed by atoms with Gasteiger partial charge in [-0.15, -0.1) is 0 Å². The van der Waals surface area contributed by atoms with Crippen molar-refractivity contribution in [2.24, 2.45) is 0 Å². The van der Waals surface area contributed by atoms with Crippen molar-refractivity contribution >= 4 is 17.5 Å². The number of aromatic nitrogens is 3. The molecule has 5 rings (SSSR count). The van der Waals surface area contributed by atoms with Crippen molar-refractivity contribution in [3.05, 3.63) is 90.3 Å². The summed E-state index contributed by atoms with van der Waals surface area (Å²) in [6.07, 6.45) is 1.33. The van der Waals surface area contributed by atoms with Gasteiger partial charge in [-0.1, -0.05) is 30.3 Å². The van der Waals surface area contributed by atoms with Crippen LogP contribution in [-0.2, 0) is 11.3 Å². The summed E-state index contributed by atoms with van der Waals surface area (Å²) >= 11 is 0. The van der Waals surface area contributed by atoms with Crippen molar-refractivity contribution in [2.75, 3.05) is 12.0 Å². The van der Waals surface area contributed by atoms with Crippen molar-refractivity contribution in [1.82, 2.24) is 19.8 Å². The summed E-state index contributed by atoms with van der Waals surface area (Å²) in [5.74, 6) is -2.02. The average Bonchev–Trinajstić information content (AvgIpc) is 3.23. The molecule has 0 saturated heterocycles. The molecular formula is C24H17F2N5O2. The zero-order valence-corrected chi connectivity index (χ0v) is 17.2. The first-order valence-electron chi connectivity index (χ1n) is 10.2. The molecule has 1 aliphatic rings. The highest BCUT2D eigenvalue weighted by atomic mass is 19.1. The Hall–Kier alpha value is -4.40. The van der Waals surface area contributed by atoms with Gasteiger partial charge in [0, 0.05) is 23.4 Å². The lowest BCUT2D eigenvalue weighted by Gasteiger charge is -2.29. The van der Waals surface area contributed by atoms with Gasteiger partial charge < -0.3 is 0 Å². The van der Waals surface area contributed by atoms with Crippen molar-refractivity contribution in [2.45, 2.75) is 6.54 Å². The second kappa shape index (κ2) is 8.27. The lowest BCUT2D eigenvalue weighted by atomic mass is 10.0. The third-order valence-corrected chi connectivity index (χ3v) is 5.34. The first kappa shape index (κ1) is 20.5. The van der Waals surface area contributed by atoms with E-state index in [1.165, 1.54) is 29.4 Å². The lowest BCUT2D eigenvalue weighted by Crippen LogP contribution is -2.46. The maximum atomic E-state index is 14.0. The number of hydrazine groups is 1. The highest BCUT2D eigenvalue weighted by molar-refractivity contribution is 6.42. The number of carbonyl (C=O) groups excluding carboxylic acids is 2. The van der Waals surface area contributed by atoms with Gasteiger partial charge in [-0.25, -0.2) is 19.1 Å². The Bertz CT molecular complexity index is 1350. The maximum absolute atomic E-state index is 14.0. The minimum Gasteiger partial charge on any atom is -0.283 e. The summed E-state index contributed by atoms with van der Waals surface area (Å²) in [6, 6.07) is 16.9. The molecule has 2 aromatic carbocycles. The Morgan fingerprint density at radius 1 is 0.909 bits per heavy atom. The van der Waals surface area contributed by atoms with E-state index in [1.54, 1.807) is 53.2 Å². The van der Waals surface area contributed by atoms with Crippen LogP contribution >= 0.6 is 0 Å². The van der Waals surface area contributed by atoms with E-state index in [4.69, 9.17) is 0 Å². The van der Waals surface area contributed by atoms with Gasteiger partial charge in [0.05, 0.1) is 18.7 Å². The number of fused-ring (bicyclic) bond motifs is 1. The van der Waals surface area contributed by atoms with Crippen LogP contribution in [0.5, 0.6) is 0 Å². The van der Waals surface area contributed by atoms with Gasteiger partial charge in [-0.3, -0.25) is 15.0 Å². The summed E-state index contributed by atoms with van der Waals surface area (Å²) < 4.78 is 29.1. The fourth-order valence-electron chi connectivity index (χ4n) is 3.74. The topological polar surface area (TPSA) is 80.1 Å². The smallest absolute Gasteiger partial charge is 0.283 e. The first-order valence-corrected chi connectivity index (χ1v) is 10.2. The second-order valence-corrected chi connectivity index (χ2v) is 7.43. The van der Waals surface area contributed by atoms with Crippen LogP contribution in [0.3, 0.4) is 0 Å². The molecule has 33 heavy (non-hydrogen) atoms. The summed E-state index contributed by atoms with van der Waals surface area (Å²) in [4.78, 5) is 29.2. The van der Waals surface area contributed by atoms with Gasteiger partial charge >= 0.3 is 5.91 Å². The minimum atomic E-state index is -0.719. The van der Waals surface area contributed by atoms with E-state index in [1.807, 2.05) is 0 Å². The fraction of sp³-hybridized carbons (Fsp3) is 0.0833. The third kappa shape index (κ3) is 3.84. The molecule has 1 N–H and O–H groups in total. The summed E-state index contributed by atoms with van der Waals surface area (Å²) in [5.41, 5.74) is 5.34. The predicted molar refractivity (Wildman–Crippen MR) is 117 cm³/mol. The van der Waals surface area contributed by atoms with E-state index in [-0.39, 0.29) is 12.1 Å². The van der Waals surface area contributed by atoms with Crippen LogP contribution in [0.25, 0.3) is 22.4 Å². The Balaban J connectivity index is 1.56. The van der Waals surface area contributed by atoms with E-state index in [2.05, 4.69) is 15.5 Å². The third-order valence-electron chi connectivity index (χ3n) is 5.34. The molecule has 7 nitrogen and oxygen atoms in total.